The van der Waals surface area contributed by atoms with Crippen molar-refractivity contribution in [3.05, 3.63) is 51.5 Å². The summed E-state index contributed by atoms with van der Waals surface area (Å²) in [4.78, 5) is 29.0. The highest BCUT2D eigenvalue weighted by Crippen LogP contribution is 2.43. The number of halogens is 3. The van der Waals surface area contributed by atoms with Crippen LogP contribution in [0.4, 0.5) is 19.0 Å². The van der Waals surface area contributed by atoms with Gasteiger partial charge in [0.05, 0.1) is 22.8 Å². The lowest BCUT2D eigenvalue weighted by molar-refractivity contribution is -0.126. The van der Waals surface area contributed by atoms with Gasteiger partial charge in [0.15, 0.2) is 0 Å². The van der Waals surface area contributed by atoms with E-state index in [9.17, 15) is 18.0 Å². The first-order valence-electron chi connectivity index (χ1n) is 11.6. The van der Waals surface area contributed by atoms with E-state index in [1.165, 1.54) is 11.9 Å². The third-order valence-electron chi connectivity index (χ3n) is 7.36. The third-order valence-corrected chi connectivity index (χ3v) is 8.41. The molecule has 1 N–H and O–H groups in total. The minimum absolute atomic E-state index is 0.113. The Morgan fingerprint density at radius 3 is 2.80 bits per heavy atom. The number of nitrogens with one attached hydrogen (secondary N) is 1. The number of aromatic amines is 1. The van der Waals surface area contributed by atoms with Gasteiger partial charge in [-0.1, -0.05) is 6.07 Å². The summed E-state index contributed by atoms with van der Waals surface area (Å²) >= 11 is 1.10. The van der Waals surface area contributed by atoms with Crippen molar-refractivity contribution < 1.29 is 13.2 Å². The Morgan fingerprint density at radius 2 is 1.97 bits per heavy atom. The maximum absolute atomic E-state index is 12.9. The van der Waals surface area contributed by atoms with Gasteiger partial charge in [0.1, 0.15) is 17.0 Å². The standard InChI is InChI=1S/C24H25F3N6OS/c1-31-19-3-2-15(8-18(19)30-22(31)34)11-32-6-4-23(12-32)5-7-33(13-23)20-17-9-16(10-24(25,26)27)35-21(17)29-14-28-20/h2-3,8-9,14H,4-7,10-13H2,1H3,(H,30,34). The van der Waals surface area contributed by atoms with Crippen molar-refractivity contribution >= 4 is 38.4 Å². The second-order valence-electron chi connectivity index (χ2n) is 9.89. The van der Waals surface area contributed by atoms with Crippen molar-refractivity contribution in [2.45, 2.75) is 32.0 Å². The van der Waals surface area contributed by atoms with E-state index < -0.39 is 12.6 Å². The lowest BCUT2D eigenvalue weighted by Gasteiger charge is -2.25. The molecule has 5 heterocycles. The van der Waals surface area contributed by atoms with E-state index in [0.29, 0.717) is 10.2 Å². The quantitative estimate of drug-likeness (QED) is 0.456. The van der Waals surface area contributed by atoms with Gasteiger partial charge in [0.25, 0.3) is 0 Å². The first-order valence-corrected chi connectivity index (χ1v) is 12.4. The molecule has 6 rings (SSSR count). The van der Waals surface area contributed by atoms with Gasteiger partial charge in [0.2, 0.25) is 0 Å². The molecule has 1 spiro atoms. The molecule has 0 amide bonds. The number of anilines is 1. The number of fused-ring (bicyclic) bond motifs is 2. The first-order chi connectivity index (χ1) is 16.7. The molecular weight excluding hydrogens is 477 g/mol. The fourth-order valence-corrected chi connectivity index (χ4v) is 6.70. The molecule has 1 unspecified atom stereocenters. The van der Waals surface area contributed by atoms with Crippen LogP contribution in [0.25, 0.3) is 21.3 Å². The van der Waals surface area contributed by atoms with Gasteiger partial charge in [-0.25, -0.2) is 14.8 Å². The SMILES string of the molecule is Cn1c(=O)[nH]c2cc(CN3CCC4(CCN(c5ncnc6sc(CC(F)(F)F)cc56)C4)C3)ccc21. The minimum Gasteiger partial charge on any atom is -0.355 e. The van der Waals surface area contributed by atoms with Crippen LogP contribution in [0.1, 0.15) is 23.3 Å². The summed E-state index contributed by atoms with van der Waals surface area (Å²) < 4.78 is 40.3. The Hall–Kier alpha value is -2.92. The largest absolute Gasteiger partial charge is 0.393 e. The Bertz CT molecular complexity index is 1470. The average Bonchev–Trinajstić information content (AvgIpc) is 3.55. The Kier molecular flexibility index (Phi) is 5.19. The van der Waals surface area contributed by atoms with Crippen LogP contribution in [-0.4, -0.2) is 56.8 Å². The number of H-pyrrole nitrogens is 1. The van der Waals surface area contributed by atoms with Crippen molar-refractivity contribution in [1.29, 1.82) is 0 Å². The van der Waals surface area contributed by atoms with Gasteiger partial charge in [0, 0.05) is 43.5 Å². The van der Waals surface area contributed by atoms with Crippen LogP contribution in [0, 0.1) is 5.41 Å². The predicted molar refractivity (Wildman–Crippen MR) is 130 cm³/mol. The van der Waals surface area contributed by atoms with E-state index in [4.69, 9.17) is 0 Å². The van der Waals surface area contributed by atoms with Gasteiger partial charge >= 0.3 is 11.9 Å². The monoisotopic (exact) mass is 502 g/mol. The van der Waals surface area contributed by atoms with Crippen molar-refractivity contribution in [1.82, 2.24) is 24.4 Å². The molecule has 1 aromatic carbocycles. The molecule has 1 atom stereocenters. The van der Waals surface area contributed by atoms with E-state index in [1.54, 1.807) is 17.7 Å². The van der Waals surface area contributed by atoms with Gasteiger partial charge in [-0.05, 0) is 43.1 Å². The Labute approximate surface area is 203 Å². The molecule has 0 saturated carbocycles. The van der Waals surface area contributed by atoms with E-state index in [1.807, 2.05) is 6.07 Å². The number of aromatic nitrogens is 4. The van der Waals surface area contributed by atoms with Crippen LogP contribution in [0.2, 0.25) is 0 Å². The van der Waals surface area contributed by atoms with Crippen LogP contribution >= 0.6 is 11.3 Å². The van der Waals surface area contributed by atoms with Crippen molar-refractivity contribution in [3.63, 3.8) is 0 Å². The number of nitrogens with zero attached hydrogens (tertiary/aromatic N) is 5. The number of alkyl halides is 3. The molecule has 2 aliphatic heterocycles. The van der Waals surface area contributed by atoms with E-state index in [2.05, 4.69) is 36.9 Å². The number of imidazole rings is 1. The van der Waals surface area contributed by atoms with Crippen LogP contribution in [0.3, 0.4) is 0 Å². The summed E-state index contributed by atoms with van der Waals surface area (Å²) in [7, 11) is 1.76. The molecular formula is C24H25F3N6OS. The number of thiophene rings is 1. The minimum atomic E-state index is -4.24. The highest BCUT2D eigenvalue weighted by molar-refractivity contribution is 7.18. The molecule has 4 aromatic rings. The molecule has 2 aliphatic rings. The molecule has 3 aromatic heterocycles. The van der Waals surface area contributed by atoms with Gasteiger partial charge in [-0.2, -0.15) is 13.2 Å². The Morgan fingerprint density at radius 1 is 1.14 bits per heavy atom. The fourth-order valence-electron chi connectivity index (χ4n) is 5.68. The molecule has 11 heteroatoms. The van der Waals surface area contributed by atoms with Crippen molar-refractivity contribution in [2.75, 3.05) is 31.1 Å². The van der Waals surface area contributed by atoms with Gasteiger partial charge in [-0.15, -0.1) is 11.3 Å². The first kappa shape index (κ1) is 22.5. The average molecular weight is 503 g/mol. The zero-order valence-corrected chi connectivity index (χ0v) is 20.0. The third kappa shape index (κ3) is 4.20. The second-order valence-corrected chi connectivity index (χ2v) is 11.0. The van der Waals surface area contributed by atoms with E-state index in [-0.39, 0.29) is 16.0 Å². The summed E-state index contributed by atoms with van der Waals surface area (Å²) in [5.74, 6) is 0.744. The summed E-state index contributed by atoms with van der Waals surface area (Å²) in [5, 5.41) is 0.716. The number of aryl methyl sites for hydroxylation is 1. The lowest BCUT2D eigenvalue weighted by Crippen LogP contribution is -2.31. The zero-order chi connectivity index (χ0) is 24.4. The number of rotatable bonds is 4. The lowest BCUT2D eigenvalue weighted by atomic mass is 9.86. The normalized spacial score (nSPS) is 21.3. The highest BCUT2D eigenvalue weighted by atomic mass is 32.1. The molecule has 0 bridgehead atoms. The molecule has 184 valence electrons. The molecule has 2 fully saturated rings. The number of likely N-dealkylation sites (tertiary alicyclic amines) is 1. The highest BCUT2D eigenvalue weighted by Gasteiger charge is 2.44. The van der Waals surface area contributed by atoms with E-state index >= 15 is 0 Å². The van der Waals surface area contributed by atoms with Gasteiger partial charge < -0.3 is 9.88 Å². The van der Waals surface area contributed by atoms with Crippen LogP contribution in [0.5, 0.6) is 0 Å². The summed E-state index contributed by atoms with van der Waals surface area (Å²) in [6, 6.07) is 7.72. The smallest absolute Gasteiger partial charge is 0.355 e. The molecule has 0 aliphatic carbocycles. The maximum atomic E-state index is 12.9. The summed E-state index contributed by atoms with van der Waals surface area (Å²) in [6.45, 7) is 4.44. The maximum Gasteiger partial charge on any atom is 0.393 e. The van der Waals surface area contributed by atoms with Crippen molar-refractivity contribution in [3.8, 4) is 0 Å². The topological polar surface area (TPSA) is 70.1 Å². The number of hydrogen-bond acceptors (Lipinski definition) is 6. The second kappa shape index (κ2) is 8.06. The van der Waals surface area contributed by atoms with Crippen LogP contribution in [0.15, 0.2) is 35.4 Å². The summed E-state index contributed by atoms with van der Waals surface area (Å²) in [6.07, 6.45) is -1.61. The van der Waals surface area contributed by atoms with Gasteiger partial charge in [-0.3, -0.25) is 9.47 Å². The summed E-state index contributed by atoms with van der Waals surface area (Å²) in [5.41, 5.74) is 2.95. The number of benzene rings is 1. The molecule has 2 saturated heterocycles. The number of hydrogen-bond donors (Lipinski definition) is 1. The van der Waals surface area contributed by atoms with Crippen molar-refractivity contribution in [2.24, 2.45) is 12.5 Å². The van der Waals surface area contributed by atoms with Crippen LogP contribution in [-0.2, 0) is 20.0 Å². The van der Waals surface area contributed by atoms with Crippen LogP contribution < -0.4 is 10.6 Å². The molecule has 35 heavy (non-hydrogen) atoms. The predicted octanol–water partition coefficient (Wildman–Crippen LogP) is 4.08. The fraction of sp³-hybridized carbons (Fsp3) is 0.458. The zero-order valence-electron chi connectivity index (χ0n) is 19.2. The Balaban J connectivity index is 1.17. The molecule has 7 nitrogen and oxygen atoms in total. The molecule has 0 radical (unpaired) electrons. The van der Waals surface area contributed by atoms with E-state index in [0.717, 1.165) is 73.8 Å².